The Bertz CT molecular complexity index is 552. The van der Waals surface area contributed by atoms with Crippen molar-refractivity contribution in [2.75, 3.05) is 25.0 Å². The zero-order chi connectivity index (χ0) is 16.1. The average molecular weight is 307 g/mol. The van der Waals surface area contributed by atoms with Crippen LogP contribution in [0.15, 0.2) is 18.2 Å². The summed E-state index contributed by atoms with van der Waals surface area (Å²) in [5.41, 5.74) is 0.526. The van der Waals surface area contributed by atoms with Crippen LogP contribution in [0, 0.1) is 10.1 Å². The minimum absolute atomic E-state index is 0.0388. The van der Waals surface area contributed by atoms with Gasteiger partial charge in [0, 0.05) is 30.9 Å². The van der Waals surface area contributed by atoms with E-state index in [0.29, 0.717) is 25.2 Å². The molecule has 0 unspecified atom stereocenters. The normalized spacial score (nSPS) is 15.6. The lowest BCUT2D eigenvalue weighted by atomic mass is 10.1. The van der Waals surface area contributed by atoms with Gasteiger partial charge in [-0.05, 0) is 31.4 Å². The van der Waals surface area contributed by atoms with Crippen LogP contribution in [0.1, 0.15) is 36.5 Å². The smallest absolute Gasteiger partial charge is 0.282 e. The second-order valence-electron chi connectivity index (χ2n) is 5.42. The van der Waals surface area contributed by atoms with Gasteiger partial charge in [0.05, 0.1) is 11.5 Å². The maximum Gasteiger partial charge on any atom is 0.282 e. The monoisotopic (exact) mass is 307 g/mol. The summed E-state index contributed by atoms with van der Waals surface area (Å²) in [7, 11) is 0. The van der Waals surface area contributed by atoms with Gasteiger partial charge >= 0.3 is 0 Å². The Hall–Kier alpha value is -2.15. The number of benzene rings is 1. The van der Waals surface area contributed by atoms with Gasteiger partial charge in [0.25, 0.3) is 11.6 Å². The lowest BCUT2D eigenvalue weighted by Gasteiger charge is -2.18. The van der Waals surface area contributed by atoms with Crippen LogP contribution in [0.4, 0.5) is 11.4 Å². The summed E-state index contributed by atoms with van der Waals surface area (Å²) in [6.45, 7) is 3.17. The topological polar surface area (TPSA) is 95.7 Å². The van der Waals surface area contributed by atoms with E-state index < -0.39 is 4.92 Å². The Morgan fingerprint density at radius 1 is 1.45 bits per heavy atom. The summed E-state index contributed by atoms with van der Waals surface area (Å²) >= 11 is 0. The van der Waals surface area contributed by atoms with Crippen LogP contribution in [0.5, 0.6) is 0 Å². The number of nitro benzene ring substituents is 1. The van der Waals surface area contributed by atoms with Gasteiger partial charge in [-0.25, -0.2) is 0 Å². The molecule has 0 aliphatic carbocycles. The summed E-state index contributed by atoms with van der Waals surface area (Å²) < 4.78 is 0. The highest BCUT2D eigenvalue weighted by atomic mass is 16.6. The Morgan fingerprint density at radius 2 is 2.14 bits per heavy atom. The first-order valence-corrected chi connectivity index (χ1v) is 7.52. The van der Waals surface area contributed by atoms with Crippen LogP contribution in [0.25, 0.3) is 0 Å². The van der Waals surface area contributed by atoms with E-state index in [2.05, 4.69) is 5.32 Å². The Morgan fingerprint density at radius 3 is 2.68 bits per heavy atom. The van der Waals surface area contributed by atoms with Crippen molar-refractivity contribution in [3.8, 4) is 0 Å². The van der Waals surface area contributed by atoms with Gasteiger partial charge in [0.2, 0.25) is 0 Å². The van der Waals surface area contributed by atoms with Crippen LogP contribution >= 0.6 is 0 Å². The first-order chi connectivity index (χ1) is 10.6. The third-order valence-electron chi connectivity index (χ3n) is 3.90. The molecule has 2 rings (SSSR count). The molecule has 1 heterocycles. The lowest BCUT2D eigenvalue weighted by molar-refractivity contribution is -0.385. The Kier molecular flexibility index (Phi) is 5.32. The number of carbonyl (C=O) groups is 1. The van der Waals surface area contributed by atoms with Crippen molar-refractivity contribution in [1.82, 2.24) is 4.90 Å². The van der Waals surface area contributed by atoms with Gasteiger partial charge in [-0.15, -0.1) is 0 Å². The molecular weight excluding hydrogens is 286 g/mol. The van der Waals surface area contributed by atoms with Crippen molar-refractivity contribution in [2.45, 2.75) is 32.2 Å². The molecule has 7 heteroatoms. The summed E-state index contributed by atoms with van der Waals surface area (Å²) in [6, 6.07) is 4.28. The van der Waals surface area contributed by atoms with E-state index >= 15 is 0 Å². The molecule has 1 amide bonds. The third-order valence-corrected chi connectivity index (χ3v) is 3.90. The van der Waals surface area contributed by atoms with E-state index in [4.69, 9.17) is 0 Å². The van der Waals surface area contributed by atoms with Crippen molar-refractivity contribution in [3.63, 3.8) is 0 Å². The summed E-state index contributed by atoms with van der Waals surface area (Å²) in [6.07, 6.45) is 2.57. The van der Waals surface area contributed by atoms with Gasteiger partial charge in [-0.1, -0.05) is 6.92 Å². The predicted molar refractivity (Wildman–Crippen MR) is 83.0 cm³/mol. The highest BCUT2D eigenvalue weighted by molar-refractivity contribution is 5.99. The molecule has 0 aromatic heterocycles. The van der Waals surface area contributed by atoms with Crippen LogP contribution in [-0.2, 0) is 0 Å². The number of hydrogen-bond acceptors (Lipinski definition) is 5. The molecular formula is C15H21N3O4. The van der Waals surface area contributed by atoms with E-state index in [1.54, 1.807) is 11.0 Å². The van der Waals surface area contributed by atoms with E-state index in [1.807, 2.05) is 6.92 Å². The van der Waals surface area contributed by atoms with Crippen LogP contribution in [0.2, 0.25) is 0 Å². The van der Waals surface area contributed by atoms with Gasteiger partial charge in [0.1, 0.15) is 5.56 Å². The molecule has 2 N–H and O–H groups in total. The molecule has 1 aliphatic rings. The molecule has 120 valence electrons. The first kappa shape index (κ1) is 16.2. The van der Waals surface area contributed by atoms with Crippen molar-refractivity contribution in [3.05, 3.63) is 33.9 Å². The fraction of sp³-hybridized carbons (Fsp3) is 0.533. The fourth-order valence-electron chi connectivity index (χ4n) is 2.56. The van der Waals surface area contributed by atoms with Crippen molar-refractivity contribution >= 4 is 17.3 Å². The number of nitro groups is 1. The molecule has 1 atom stereocenters. The SMILES string of the molecule is CC[C@H](CO)Nc1ccc([N+](=O)[O-])c(C(=O)N2CCCC2)c1. The molecule has 7 nitrogen and oxygen atoms in total. The number of hydrogen-bond donors (Lipinski definition) is 2. The largest absolute Gasteiger partial charge is 0.394 e. The maximum absolute atomic E-state index is 12.5. The standard InChI is InChI=1S/C15H21N3O4/c1-2-11(10-19)16-12-5-6-14(18(21)22)13(9-12)15(20)17-7-3-4-8-17/h5-6,9,11,16,19H,2-4,7-8,10H2,1H3/t11-/m1/s1. The molecule has 0 radical (unpaired) electrons. The summed E-state index contributed by atoms with van der Waals surface area (Å²) in [4.78, 5) is 24.8. The van der Waals surface area contributed by atoms with Gasteiger partial charge in [-0.2, -0.15) is 0 Å². The van der Waals surface area contributed by atoms with Gasteiger partial charge in [0.15, 0.2) is 0 Å². The minimum Gasteiger partial charge on any atom is -0.394 e. The number of amides is 1. The highest BCUT2D eigenvalue weighted by Crippen LogP contribution is 2.26. The second-order valence-corrected chi connectivity index (χ2v) is 5.42. The summed E-state index contributed by atoms with van der Waals surface area (Å²) in [5.74, 6) is -0.301. The van der Waals surface area contributed by atoms with Gasteiger partial charge < -0.3 is 15.3 Å². The highest BCUT2D eigenvalue weighted by Gasteiger charge is 2.27. The predicted octanol–water partition coefficient (Wildman–Crippen LogP) is 2.01. The number of aliphatic hydroxyl groups is 1. The molecule has 0 spiro atoms. The third kappa shape index (κ3) is 3.54. The molecule has 22 heavy (non-hydrogen) atoms. The fourth-order valence-corrected chi connectivity index (χ4v) is 2.56. The Labute approximate surface area is 129 Å². The molecule has 1 aromatic rings. The maximum atomic E-state index is 12.5. The molecule has 1 aromatic carbocycles. The van der Waals surface area contributed by atoms with Crippen LogP contribution in [0.3, 0.4) is 0 Å². The number of rotatable bonds is 6. The van der Waals surface area contributed by atoms with E-state index in [0.717, 1.165) is 12.8 Å². The Balaban J connectivity index is 2.31. The van der Waals surface area contributed by atoms with Crippen molar-refractivity contribution < 1.29 is 14.8 Å². The van der Waals surface area contributed by atoms with E-state index in [-0.39, 0.29) is 29.8 Å². The average Bonchev–Trinajstić information content (AvgIpc) is 3.05. The minimum atomic E-state index is -0.531. The lowest BCUT2D eigenvalue weighted by Crippen LogP contribution is -2.28. The van der Waals surface area contributed by atoms with Crippen LogP contribution in [-0.4, -0.2) is 46.6 Å². The number of aliphatic hydroxyl groups excluding tert-OH is 1. The van der Waals surface area contributed by atoms with E-state index in [9.17, 15) is 20.0 Å². The molecule has 0 bridgehead atoms. The summed E-state index contributed by atoms with van der Waals surface area (Å²) in [5, 5.41) is 23.5. The number of likely N-dealkylation sites (tertiary alicyclic amines) is 1. The molecule has 1 aliphatic heterocycles. The molecule has 1 saturated heterocycles. The van der Waals surface area contributed by atoms with Crippen molar-refractivity contribution in [2.24, 2.45) is 0 Å². The zero-order valence-corrected chi connectivity index (χ0v) is 12.6. The first-order valence-electron chi connectivity index (χ1n) is 7.52. The molecule has 0 saturated carbocycles. The van der Waals surface area contributed by atoms with Crippen molar-refractivity contribution in [1.29, 1.82) is 0 Å². The van der Waals surface area contributed by atoms with E-state index in [1.165, 1.54) is 12.1 Å². The second kappa shape index (κ2) is 7.22. The number of nitrogens with one attached hydrogen (secondary N) is 1. The quantitative estimate of drug-likeness (QED) is 0.619. The number of anilines is 1. The van der Waals surface area contributed by atoms with Crippen LogP contribution < -0.4 is 5.32 Å². The molecule has 1 fully saturated rings. The number of carbonyl (C=O) groups excluding carboxylic acids is 1. The number of nitrogens with zero attached hydrogens (tertiary/aromatic N) is 2. The van der Waals surface area contributed by atoms with Gasteiger partial charge in [-0.3, -0.25) is 14.9 Å². The zero-order valence-electron chi connectivity index (χ0n) is 12.6.